The van der Waals surface area contributed by atoms with E-state index in [9.17, 15) is 14.0 Å². The topological polar surface area (TPSA) is 53.1 Å². The van der Waals surface area contributed by atoms with Crippen LogP contribution in [-0.4, -0.2) is 77.6 Å². The summed E-state index contributed by atoms with van der Waals surface area (Å²) in [7, 11) is 0. The van der Waals surface area contributed by atoms with Crippen LogP contribution in [0, 0.1) is 11.7 Å². The van der Waals surface area contributed by atoms with Crippen molar-refractivity contribution in [3.63, 3.8) is 0 Å². The SMILES string of the molecule is CCN1CCN(C(=O)C2COC3(CCC(C)CC3)N2C(=O)c2ccccc2F)CC1. The van der Waals surface area contributed by atoms with Crippen molar-refractivity contribution in [1.29, 1.82) is 0 Å². The van der Waals surface area contributed by atoms with Gasteiger partial charge in [-0.15, -0.1) is 0 Å². The van der Waals surface area contributed by atoms with Crippen molar-refractivity contribution in [3.8, 4) is 0 Å². The first-order valence-electron chi connectivity index (χ1n) is 11.2. The highest BCUT2D eigenvalue weighted by Gasteiger charge is 2.54. The number of piperazine rings is 1. The number of nitrogens with zero attached hydrogens (tertiary/aromatic N) is 3. The molecule has 4 rings (SSSR count). The van der Waals surface area contributed by atoms with Gasteiger partial charge in [-0.1, -0.05) is 26.0 Å². The lowest BCUT2D eigenvalue weighted by Gasteiger charge is -2.44. The van der Waals surface area contributed by atoms with Crippen LogP contribution >= 0.6 is 0 Å². The maximum Gasteiger partial charge on any atom is 0.259 e. The van der Waals surface area contributed by atoms with E-state index in [1.807, 2.05) is 4.90 Å². The van der Waals surface area contributed by atoms with Gasteiger partial charge in [0.1, 0.15) is 17.6 Å². The summed E-state index contributed by atoms with van der Waals surface area (Å²) in [5.41, 5.74) is -0.799. The third-order valence-corrected chi connectivity index (χ3v) is 7.06. The molecule has 2 heterocycles. The summed E-state index contributed by atoms with van der Waals surface area (Å²) in [6.07, 6.45) is 3.22. The zero-order chi connectivity index (χ0) is 21.3. The van der Waals surface area contributed by atoms with Gasteiger partial charge in [-0.05, 0) is 50.3 Å². The summed E-state index contributed by atoms with van der Waals surface area (Å²) in [6, 6.07) is 5.32. The Morgan fingerprint density at radius 3 is 2.43 bits per heavy atom. The van der Waals surface area contributed by atoms with Crippen LogP contribution in [0.4, 0.5) is 4.39 Å². The number of rotatable bonds is 3. The minimum Gasteiger partial charge on any atom is -0.353 e. The van der Waals surface area contributed by atoms with Crippen LogP contribution in [0.1, 0.15) is 49.9 Å². The predicted molar refractivity (Wildman–Crippen MR) is 111 cm³/mol. The monoisotopic (exact) mass is 417 g/mol. The van der Waals surface area contributed by atoms with Crippen LogP contribution in [0.25, 0.3) is 0 Å². The van der Waals surface area contributed by atoms with Gasteiger partial charge in [0, 0.05) is 26.2 Å². The number of hydrogen-bond acceptors (Lipinski definition) is 4. The molecule has 30 heavy (non-hydrogen) atoms. The molecular weight excluding hydrogens is 385 g/mol. The zero-order valence-corrected chi connectivity index (χ0v) is 18.0. The third-order valence-electron chi connectivity index (χ3n) is 7.06. The molecule has 1 aliphatic carbocycles. The van der Waals surface area contributed by atoms with Crippen LogP contribution in [-0.2, 0) is 9.53 Å². The molecule has 2 amide bonds. The normalized spacial score (nSPS) is 30.1. The standard InChI is InChI=1S/C23H32FN3O3/c1-3-25-12-14-26(15-13-25)22(29)20-16-30-23(10-8-17(2)9-11-23)27(20)21(28)18-6-4-5-7-19(18)24/h4-7,17,20H,3,8-16H2,1-2H3. The molecule has 164 valence electrons. The Morgan fingerprint density at radius 1 is 1.13 bits per heavy atom. The highest BCUT2D eigenvalue weighted by atomic mass is 19.1. The summed E-state index contributed by atoms with van der Waals surface area (Å²) < 4.78 is 20.7. The summed E-state index contributed by atoms with van der Waals surface area (Å²) >= 11 is 0. The molecule has 0 radical (unpaired) electrons. The molecule has 3 fully saturated rings. The van der Waals surface area contributed by atoms with Gasteiger partial charge < -0.3 is 14.5 Å². The van der Waals surface area contributed by atoms with E-state index in [1.165, 1.54) is 12.1 Å². The second-order valence-electron chi connectivity index (χ2n) is 8.87. The van der Waals surface area contributed by atoms with Crippen molar-refractivity contribution < 1.29 is 18.7 Å². The molecule has 2 aliphatic heterocycles. The largest absolute Gasteiger partial charge is 0.353 e. The number of amides is 2. The van der Waals surface area contributed by atoms with Crippen LogP contribution in [0.15, 0.2) is 24.3 Å². The van der Waals surface area contributed by atoms with Gasteiger partial charge in [0.05, 0.1) is 12.2 Å². The quantitative estimate of drug-likeness (QED) is 0.759. The van der Waals surface area contributed by atoms with Crippen molar-refractivity contribution in [2.75, 3.05) is 39.3 Å². The number of ether oxygens (including phenoxy) is 1. The molecule has 0 bridgehead atoms. The lowest BCUT2D eigenvalue weighted by Crippen LogP contribution is -2.59. The molecule has 0 N–H and O–H groups in total. The molecule has 6 nitrogen and oxygen atoms in total. The van der Waals surface area contributed by atoms with E-state index in [0.717, 1.165) is 32.5 Å². The molecule has 1 saturated carbocycles. The number of likely N-dealkylation sites (N-methyl/N-ethyl adjacent to an activating group) is 1. The van der Waals surface area contributed by atoms with Crippen molar-refractivity contribution in [1.82, 2.24) is 14.7 Å². The number of carbonyl (C=O) groups is 2. The first-order valence-corrected chi connectivity index (χ1v) is 11.2. The van der Waals surface area contributed by atoms with E-state index in [1.54, 1.807) is 17.0 Å². The summed E-state index contributed by atoms with van der Waals surface area (Å²) in [5.74, 6) is -0.519. The maximum absolute atomic E-state index is 14.5. The van der Waals surface area contributed by atoms with E-state index in [4.69, 9.17) is 4.74 Å². The number of halogens is 1. The van der Waals surface area contributed by atoms with Crippen LogP contribution in [0.2, 0.25) is 0 Å². The van der Waals surface area contributed by atoms with E-state index in [-0.39, 0.29) is 18.1 Å². The minimum atomic E-state index is -0.808. The molecular formula is C23H32FN3O3. The average molecular weight is 418 g/mol. The maximum atomic E-state index is 14.5. The molecule has 0 aromatic heterocycles. The Labute approximate surface area is 177 Å². The molecule has 3 aliphatic rings. The minimum absolute atomic E-state index is 0.00889. The smallest absolute Gasteiger partial charge is 0.259 e. The Bertz CT molecular complexity index is 786. The second-order valence-corrected chi connectivity index (χ2v) is 8.87. The molecule has 7 heteroatoms. The van der Waals surface area contributed by atoms with Gasteiger partial charge in [-0.25, -0.2) is 4.39 Å². The number of benzene rings is 1. The van der Waals surface area contributed by atoms with Crippen molar-refractivity contribution >= 4 is 11.8 Å². The molecule has 1 spiro atoms. The fourth-order valence-electron chi connectivity index (χ4n) is 5.03. The lowest BCUT2D eigenvalue weighted by molar-refractivity contribution is -0.139. The van der Waals surface area contributed by atoms with Crippen LogP contribution < -0.4 is 0 Å². The first kappa shape index (κ1) is 21.2. The fourth-order valence-corrected chi connectivity index (χ4v) is 5.03. The van der Waals surface area contributed by atoms with Gasteiger partial charge in [0.15, 0.2) is 0 Å². The van der Waals surface area contributed by atoms with Gasteiger partial charge in [0.2, 0.25) is 5.91 Å². The first-order chi connectivity index (χ1) is 14.4. The Hall–Kier alpha value is -1.99. The number of carbonyl (C=O) groups excluding carboxylic acids is 2. The lowest BCUT2D eigenvalue weighted by atomic mass is 9.83. The predicted octanol–water partition coefficient (Wildman–Crippen LogP) is 2.74. The van der Waals surface area contributed by atoms with Gasteiger partial charge in [0.25, 0.3) is 5.91 Å². The highest BCUT2D eigenvalue weighted by Crippen LogP contribution is 2.43. The molecule has 1 unspecified atom stereocenters. The molecule has 1 atom stereocenters. The van der Waals surface area contributed by atoms with Crippen molar-refractivity contribution in [3.05, 3.63) is 35.6 Å². The second kappa shape index (κ2) is 8.63. The molecule has 2 saturated heterocycles. The Kier molecular flexibility index (Phi) is 6.11. The van der Waals surface area contributed by atoms with Gasteiger partial charge in [-0.2, -0.15) is 0 Å². The highest BCUT2D eigenvalue weighted by molar-refractivity contribution is 5.98. The average Bonchev–Trinajstić information content (AvgIpc) is 3.14. The van der Waals surface area contributed by atoms with E-state index < -0.39 is 23.5 Å². The summed E-state index contributed by atoms with van der Waals surface area (Å²) in [5, 5.41) is 0. The van der Waals surface area contributed by atoms with Crippen LogP contribution in [0.3, 0.4) is 0 Å². The Balaban J connectivity index is 1.62. The van der Waals surface area contributed by atoms with E-state index >= 15 is 0 Å². The van der Waals surface area contributed by atoms with Crippen molar-refractivity contribution in [2.45, 2.75) is 51.3 Å². The fraction of sp³-hybridized carbons (Fsp3) is 0.652. The van der Waals surface area contributed by atoms with Crippen molar-refractivity contribution in [2.24, 2.45) is 5.92 Å². The van der Waals surface area contributed by atoms with E-state index in [0.29, 0.717) is 31.8 Å². The third kappa shape index (κ3) is 3.85. The van der Waals surface area contributed by atoms with Gasteiger partial charge in [-0.3, -0.25) is 14.5 Å². The molecule has 1 aromatic rings. The van der Waals surface area contributed by atoms with Gasteiger partial charge >= 0.3 is 0 Å². The summed E-state index contributed by atoms with van der Waals surface area (Å²) in [6.45, 7) is 8.42. The van der Waals surface area contributed by atoms with Crippen LogP contribution in [0.5, 0.6) is 0 Å². The zero-order valence-electron chi connectivity index (χ0n) is 18.0. The number of hydrogen-bond donors (Lipinski definition) is 0. The van der Waals surface area contributed by atoms with E-state index in [2.05, 4.69) is 18.7 Å². The molecule has 1 aromatic carbocycles. The summed E-state index contributed by atoms with van der Waals surface area (Å²) in [4.78, 5) is 32.7. The Morgan fingerprint density at radius 2 is 1.80 bits per heavy atom.